The van der Waals surface area contributed by atoms with E-state index in [0.717, 1.165) is 30.8 Å². The molecular formula is C19H23FN4O. The first-order chi connectivity index (χ1) is 12.0. The Morgan fingerprint density at radius 2 is 2.04 bits per heavy atom. The maximum Gasteiger partial charge on any atom is 0.322 e. The molecule has 1 atom stereocenters. The van der Waals surface area contributed by atoms with Crippen LogP contribution in [0, 0.1) is 25.6 Å². The second-order valence-corrected chi connectivity index (χ2v) is 7.18. The van der Waals surface area contributed by atoms with E-state index in [9.17, 15) is 9.18 Å². The minimum atomic E-state index is -0.399. The van der Waals surface area contributed by atoms with Gasteiger partial charge in [0.2, 0.25) is 0 Å². The number of amides is 2. The lowest BCUT2D eigenvalue weighted by Gasteiger charge is -2.25. The third-order valence-corrected chi connectivity index (χ3v) is 5.16. The number of hydrogen-bond donors (Lipinski definition) is 1. The summed E-state index contributed by atoms with van der Waals surface area (Å²) in [5.41, 5.74) is 2.59. The Bertz CT molecular complexity index is 812. The van der Waals surface area contributed by atoms with Gasteiger partial charge in [0, 0.05) is 24.0 Å². The second kappa shape index (κ2) is 6.17. The first-order valence-electron chi connectivity index (χ1n) is 8.94. The predicted molar refractivity (Wildman–Crippen MR) is 94.5 cm³/mol. The van der Waals surface area contributed by atoms with Gasteiger partial charge in [0.05, 0.1) is 5.69 Å². The van der Waals surface area contributed by atoms with E-state index in [1.807, 2.05) is 24.8 Å². The third-order valence-electron chi connectivity index (χ3n) is 5.16. The zero-order chi connectivity index (χ0) is 17.6. The van der Waals surface area contributed by atoms with E-state index in [1.165, 1.54) is 18.9 Å². The summed E-state index contributed by atoms with van der Waals surface area (Å²) in [6.07, 6.45) is 4.59. The number of nitrogens with zero attached hydrogens (tertiary/aromatic N) is 3. The molecule has 6 heteroatoms. The number of likely N-dealkylation sites (tertiary alicyclic amines) is 1. The van der Waals surface area contributed by atoms with Crippen LogP contribution >= 0.6 is 0 Å². The van der Waals surface area contributed by atoms with Crippen molar-refractivity contribution < 1.29 is 9.18 Å². The van der Waals surface area contributed by atoms with Crippen LogP contribution in [-0.2, 0) is 0 Å². The molecule has 1 aromatic heterocycles. The summed E-state index contributed by atoms with van der Waals surface area (Å²) in [6.45, 7) is 4.56. The molecule has 2 fully saturated rings. The molecular weight excluding hydrogens is 319 g/mol. The summed E-state index contributed by atoms with van der Waals surface area (Å²) in [4.78, 5) is 14.5. The molecule has 2 aromatic rings. The maximum absolute atomic E-state index is 14.5. The van der Waals surface area contributed by atoms with Crippen LogP contribution in [-0.4, -0.2) is 33.3 Å². The highest BCUT2D eigenvalue weighted by Crippen LogP contribution is 2.40. The summed E-state index contributed by atoms with van der Waals surface area (Å²) in [5.74, 6) is 0.266. The fraction of sp³-hybridized carbons (Fsp3) is 0.474. The smallest absolute Gasteiger partial charge is 0.321 e. The number of anilines is 1. The molecule has 0 bridgehead atoms. The summed E-state index contributed by atoms with van der Waals surface area (Å²) < 4.78 is 16.1. The van der Waals surface area contributed by atoms with Crippen LogP contribution < -0.4 is 5.32 Å². The van der Waals surface area contributed by atoms with E-state index < -0.39 is 5.82 Å². The van der Waals surface area contributed by atoms with Crippen molar-refractivity contribution in [2.24, 2.45) is 5.92 Å². The van der Waals surface area contributed by atoms with Crippen LogP contribution in [0.1, 0.15) is 37.1 Å². The molecule has 1 saturated carbocycles. The van der Waals surface area contributed by atoms with Crippen molar-refractivity contribution in [1.29, 1.82) is 0 Å². The lowest BCUT2D eigenvalue weighted by molar-refractivity contribution is 0.200. The van der Waals surface area contributed by atoms with Crippen molar-refractivity contribution in [2.45, 2.75) is 45.6 Å². The van der Waals surface area contributed by atoms with Crippen LogP contribution in [0.25, 0.3) is 5.69 Å². The van der Waals surface area contributed by atoms with Gasteiger partial charge in [-0.1, -0.05) is 0 Å². The van der Waals surface area contributed by atoms with Gasteiger partial charge in [0.15, 0.2) is 5.82 Å². The number of aryl methyl sites for hydroxylation is 2. The summed E-state index contributed by atoms with van der Waals surface area (Å²) in [6, 6.07) is 6.90. The normalized spacial score (nSPS) is 20.1. The molecule has 2 amide bonds. The standard InChI is InChI=1S/C19H23FN4O/c1-12-10-13(2)24(22-12)18-8-7-15(11-16(18)20)21-19(25)23-9-3-4-17(23)14-5-6-14/h7-8,10-11,14,17H,3-6,9H2,1-2H3,(H,21,25). The van der Waals surface area contributed by atoms with E-state index in [0.29, 0.717) is 23.3 Å². The summed E-state index contributed by atoms with van der Waals surface area (Å²) in [7, 11) is 0. The zero-order valence-electron chi connectivity index (χ0n) is 14.6. The van der Waals surface area contributed by atoms with Gasteiger partial charge in [0.25, 0.3) is 0 Å². The zero-order valence-corrected chi connectivity index (χ0v) is 14.6. The quantitative estimate of drug-likeness (QED) is 0.915. The Morgan fingerprint density at radius 1 is 1.24 bits per heavy atom. The van der Waals surface area contributed by atoms with Gasteiger partial charge in [0.1, 0.15) is 5.69 Å². The van der Waals surface area contributed by atoms with Gasteiger partial charge in [-0.15, -0.1) is 0 Å². The fourth-order valence-corrected chi connectivity index (χ4v) is 3.84. The number of aromatic nitrogens is 2. The highest BCUT2D eigenvalue weighted by atomic mass is 19.1. The molecule has 1 aromatic carbocycles. The molecule has 4 rings (SSSR count). The number of halogens is 1. The van der Waals surface area contributed by atoms with Gasteiger partial charge in [-0.25, -0.2) is 13.9 Å². The first-order valence-corrected chi connectivity index (χ1v) is 8.94. The fourth-order valence-electron chi connectivity index (χ4n) is 3.84. The van der Waals surface area contributed by atoms with E-state index in [-0.39, 0.29) is 6.03 Å². The van der Waals surface area contributed by atoms with Crippen molar-refractivity contribution in [3.05, 3.63) is 41.5 Å². The van der Waals surface area contributed by atoms with Crippen molar-refractivity contribution in [3.8, 4) is 5.69 Å². The molecule has 1 N–H and O–H groups in total. The summed E-state index contributed by atoms with van der Waals surface area (Å²) in [5, 5.41) is 7.17. The van der Waals surface area contributed by atoms with E-state index >= 15 is 0 Å². The largest absolute Gasteiger partial charge is 0.322 e. The maximum atomic E-state index is 14.5. The Kier molecular flexibility index (Phi) is 3.98. The molecule has 1 aliphatic heterocycles. The molecule has 0 radical (unpaired) electrons. The van der Waals surface area contributed by atoms with E-state index in [1.54, 1.807) is 16.8 Å². The van der Waals surface area contributed by atoms with Crippen LogP contribution in [0.3, 0.4) is 0 Å². The Morgan fingerprint density at radius 3 is 2.68 bits per heavy atom. The molecule has 25 heavy (non-hydrogen) atoms. The van der Waals surface area contributed by atoms with Crippen LogP contribution in [0.2, 0.25) is 0 Å². The highest BCUT2D eigenvalue weighted by molar-refractivity contribution is 5.89. The topological polar surface area (TPSA) is 50.2 Å². The molecule has 2 aliphatic rings. The molecule has 2 heterocycles. The van der Waals surface area contributed by atoms with Crippen LogP contribution in [0.5, 0.6) is 0 Å². The summed E-state index contributed by atoms with van der Waals surface area (Å²) >= 11 is 0. The second-order valence-electron chi connectivity index (χ2n) is 7.18. The van der Waals surface area contributed by atoms with Crippen molar-refractivity contribution in [2.75, 3.05) is 11.9 Å². The van der Waals surface area contributed by atoms with Crippen LogP contribution in [0.15, 0.2) is 24.3 Å². The van der Waals surface area contributed by atoms with Gasteiger partial charge in [-0.3, -0.25) is 0 Å². The minimum absolute atomic E-state index is 0.118. The lowest BCUT2D eigenvalue weighted by Crippen LogP contribution is -2.39. The SMILES string of the molecule is Cc1cc(C)n(-c2ccc(NC(=O)N3CCCC3C3CC3)cc2F)n1. The van der Waals surface area contributed by atoms with Gasteiger partial charge in [-0.2, -0.15) is 5.10 Å². The number of nitrogens with one attached hydrogen (secondary N) is 1. The first kappa shape index (κ1) is 16.1. The van der Waals surface area contributed by atoms with Gasteiger partial charge in [-0.05, 0) is 69.7 Å². The number of carbonyl (C=O) groups excluding carboxylic acids is 1. The number of benzene rings is 1. The van der Waals surface area contributed by atoms with Crippen LogP contribution in [0.4, 0.5) is 14.9 Å². The molecule has 5 nitrogen and oxygen atoms in total. The predicted octanol–water partition coefficient (Wildman–Crippen LogP) is 4.03. The van der Waals surface area contributed by atoms with Crippen molar-refractivity contribution >= 4 is 11.7 Å². The average molecular weight is 342 g/mol. The third kappa shape index (κ3) is 3.13. The molecule has 1 unspecified atom stereocenters. The molecule has 1 saturated heterocycles. The Balaban J connectivity index is 1.51. The highest BCUT2D eigenvalue weighted by Gasteiger charge is 2.40. The van der Waals surface area contributed by atoms with Crippen molar-refractivity contribution in [1.82, 2.24) is 14.7 Å². The molecule has 0 spiro atoms. The Labute approximate surface area is 146 Å². The molecule has 132 valence electrons. The van der Waals surface area contributed by atoms with Crippen molar-refractivity contribution in [3.63, 3.8) is 0 Å². The minimum Gasteiger partial charge on any atom is -0.321 e. The monoisotopic (exact) mass is 342 g/mol. The Hall–Kier alpha value is -2.37. The number of carbonyl (C=O) groups is 1. The number of hydrogen-bond acceptors (Lipinski definition) is 2. The van der Waals surface area contributed by atoms with Gasteiger partial charge < -0.3 is 10.2 Å². The van der Waals surface area contributed by atoms with Gasteiger partial charge >= 0.3 is 6.03 Å². The lowest BCUT2D eigenvalue weighted by atomic mass is 10.1. The number of rotatable bonds is 3. The van der Waals surface area contributed by atoms with E-state index in [4.69, 9.17) is 0 Å². The molecule has 1 aliphatic carbocycles. The number of urea groups is 1. The van der Waals surface area contributed by atoms with E-state index in [2.05, 4.69) is 10.4 Å². The average Bonchev–Trinajstić information content (AvgIpc) is 3.19.